The molecular formula is C38H24O2. The molecule has 0 atom stereocenters. The van der Waals surface area contributed by atoms with E-state index in [1.165, 1.54) is 32.7 Å². The van der Waals surface area contributed by atoms with Crippen LogP contribution in [0.4, 0.5) is 0 Å². The van der Waals surface area contributed by atoms with Gasteiger partial charge in [0.1, 0.15) is 5.58 Å². The van der Waals surface area contributed by atoms with Crippen LogP contribution in [0, 0.1) is 0 Å². The van der Waals surface area contributed by atoms with Crippen molar-refractivity contribution in [2.75, 3.05) is 0 Å². The average molecular weight is 513 g/mol. The van der Waals surface area contributed by atoms with Gasteiger partial charge >= 0.3 is 0 Å². The van der Waals surface area contributed by atoms with Crippen LogP contribution in [-0.4, -0.2) is 5.11 Å². The molecule has 1 aromatic heterocycles. The first kappa shape index (κ1) is 22.6. The Morgan fingerprint density at radius 2 is 0.950 bits per heavy atom. The average Bonchev–Trinajstić information content (AvgIpc) is 3.42. The Kier molecular flexibility index (Phi) is 5.01. The molecule has 2 heteroatoms. The van der Waals surface area contributed by atoms with Gasteiger partial charge in [0.15, 0.2) is 11.3 Å². The number of phenols is 1. The zero-order valence-electron chi connectivity index (χ0n) is 21.6. The minimum atomic E-state index is 0.142. The summed E-state index contributed by atoms with van der Waals surface area (Å²) in [7, 11) is 0. The number of fused-ring (bicyclic) bond motifs is 5. The highest BCUT2D eigenvalue weighted by atomic mass is 16.4. The van der Waals surface area contributed by atoms with Crippen molar-refractivity contribution in [2.24, 2.45) is 0 Å². The highest BCUT2D eigenvalue weighted by Crippen LogP contribution is 2.49. The molecule has 0 unspecified atom stereocenters. The van der Waals surface area contributed by atoms with Gasteiger partial charge in [-0.2, -0.15) is 0 Å². The van der Waals surface area contributed by atoms with Crippen molar-refractivity contribution in [3.63, 3.8) is 0 Å². The molecule has 0 aliphatic heterocycles. The third-order valence-corrected chi connectivity index (χ3v) is 7.97. The number of phenolic OH excluding ortho intramolecular Hbond substituents is 1. The van der Waals surface area contributed by atoms with Crippen LogP contribution in [0.5, 0.6) is 5.75 Å². The van der Waals surface area contributed by atoms with E-state index in [0.717, 1.165) is 38.6 Å². The van der Waals surface area contributed by atoms with E-state index in [-0.39, 0.29) is 5.75 Å². The van der Waals surface area contributed by atoms with E-state index in [4.69, 9.17) is 4.42 Å². The molecule has 1 heterocycles. The van der Waals surface area contributed by atoms with Crippen LogP contribution in [0.2, 0.25) is 0 Å². The summed E-state index contributed by atoms with van der Waals surface area (Å²) in [4.78, 5) is 0. The molecule has 8 rings (SSSR count). The highest BCUT2D eigenvalue weighted by Gasteiger charge is 2.23. The highest BCUT2D eigenvalue weighted by molar-refractivity contribution is 6.27. The van der Waals surface area contributed by atoms with Crippen molar-refractivity contribution in [1.29, 1.82) is 0 Å². The summed E-state index contributed by atoms with van der Waals surface area (Å²) >= 11 is 0. The van der Waals surface area contributed by atoms with Gasteiger partial charge in [0.25, 0.3) is 0 Å². The molecular weight excluding hydrogens is 488 g/mol. The third-order valence-electron chi connectivity index (χ3n) is 7.97. The molecule has 0 bridgehead atoms. The molecule has 8 aromatic rings. The lowest BCUT2D eigenvalue weighted by atomic mass is 9.84. The first-order valence-corrected chi connectivity index (χ1v) is 13.5. The molecule has 0 saturated heterocycles. The predicted molar refractivity (Wildman–Crippen MR) is 167 cm³/mol. The van der Waals surface area contributed by atoms with Crippen molar-refractivity contribution >= 4 is 43.5 Å². The monoisotopic (exact) mass is 512 g/mol. The van der Waals surface area contributed by atoms with Crippen molar-refractivity contribution in [3.8, 4) is 39.1 Å². The molecule has 0 radical (unpaired) electrons. The van der Waals surface area contributed by atoms with Crippen LogP contribution >= 0.6 is 0 Å². The van der Waals surface area contributed by atoms with Gasteiger partial charge in [0.05, 0.1) is 0 Å². The predicted octanol–water partition coefficient (Wildman–Crippen LogP) is 10.6. The van der Waals surface area contributed by atoms with E-state index >= 15 is 0 Å². The largest absolute Gasteiger partial charge is 0.504 e. The normalized spacial score (nSPS) is 11.6. The molecule has 7 aromatic carbocycles. The minimum absolute atomic E-state index is 0.142. The Morgan fingerprint density at radius 3 is 1.57 bits per heavy atom. The van der Waals surface area contributed by atoms with E-state index < -0.39 is 0 Å². The Bertz CT molecular complexity index is 2150. The fourth-order valence-electron chi connectivity index (χ4n) is 6.31. The number of hydrogen-bond donors (Lipinski definition) is 1. The molecule has 0 amide bonds. The Hall–Kier alpha value is -5.34. The van der Waals surface area contributed by atoms with Gasteiger partial charge in [-0.15, -0.1) is 0 Å². The summed E-state index contributed by atoms with van der Waals surface area (Å²) in [5, 5.41) is 17.7. The number of hydrogen-bond acceptors (Lipinski definition) is 2. The molecule has 0 spiro atoms. The van der Waals surface area contributed by atoms with E-state index in [2.05, 4.69) is 109 Å². The zero-order valence-corrected chi connectivity index (χ0v) is 21.6. The lowest BCUT2D eigenvalue weighted by molar-refractivity contribution is 0.469. The van der Waals surface area contributed by atoms with Crippen molar-refractivity contribution < 1.29 is 9.52 Å². The fourth-order valence-corrected chi connectivity index (χ4v) is 6.31. The quantitative estimate of drug-likeness (QED) is 0.239. The second-order valence-corrected chi connectivity index (χ2v) is 10.2. The maximum Gasteiger partial charge on any atom is 0.177 e. The van der Waals surface area contributed by atoms with E-state index in [0.29, 0.717) is 5.58 Å². The second kappa shape index (κ2) is 8.86. The molecule has 188 valence electrons. The van der Waals surface area contributed by atoms with Gasteiger partial charge < -0.3 is 9.52 Å². The molecule has 0 saturated carbocycles. The maximum atomic E-state index is 11.0. The summed E-state index contributed by atoms with van der Waals surface area (Å²) in [6, 6.07) is 48.2. The number of benzene rings is 7. The molecule has 1 N–H and O–H groups in total. The summed E-state index contributed by atoms with van der Waals surface area (Å²) < 4.78 is 6.37. The van der Waals surface area contributed by atoms with Gasteiger partial charge in [-0.25, -0.2) is 0 Å². The molecule has 0 aliphatic rings. The lowest BCUT2D eigenvalue weighted by Gasteiger charge is -2.18. The van der Waals surface area contributed by atoms with Crippen LogP contribution in [0.25, 0.3) is 76.9 Å². The van der Waals surface area contributed by atoms with Crippen molar-refractivity contribution in [2.45, 2.75) is 0 Å². The lowest BCUT2D eigenvalue weighted by Crippen LogP contribution is -1.91. The smallest absolute Gasteiger partial charge is 0.177 e. The zero-order chi connectivity index (χ0) is 26.6. The first-order chi connectivity index (χ1) is 19.8. The van der Waals surface area contributed by atoms with Gasteiger partial charge in [-0.3, -0.25) is 0 Å². The summed E-state index contributed by atoms with van der Waals surface area (Å²) in [6.45, 7) is 0. The third kappa shape index (κ3) is 3.30. The van der Waals surface area contributed by atoms with Crippen LogP contribution in [0.15, 0.2) is 144 Å². The standard InChI is InChI=1S/C38H24O2/c39-32-23-22-31(37-36-26(24-12-3-1-4-13-24)20-11-21-33(36)40-38(32)37)35-29-18-9-7-16-27(29)34(25-14-5-2-6-15-25)28-17-8-10-19-30(28)35/h1-23,39H. The first-order valence-electron chi connectivity index (χ1n) is 13.5. The summed E-state index contributed by atoms with van der Waals surface area (Å²) in [6.07, 6.45) is 0. The maximum absolute atomic E-state index is 11.0. The number of aromatic hydroxyl groups is 1. The van der Waals surface area contributed by atoms with Gasteiger partial charge in [-0.05, 0) is 73.1 Å². The van der Waals surface area contributed by atoms with Crippen LogP contribution < -0.4 is 0 Å². The number of furan rings is 1. The van der Waals surface area contributed by atoms with Crippen molar-refractivity contribution in [3.05, 3.63) is 140 Å². The number of rotatable bonds is 3. The molecule has 0 aliphatic carbocycles. The summed E-state index contributed by atoms with van der Waals surface area (Å²) in [5.74, 6) is 0.142. The van der Waals surface area contributed by atoms with Gasteiger partial charge in [0.2, 0.25) is 0 Å². The Morgan fingerprint density at radius 1 is 0.400 bits per heavy atom. The Balaban J connectivity index is 1.58. The second-order valence-electron chi connectivity index (χ2n) is 10.2. The van der Waals surface area contributed by atoms with Gasteiger partial charge in [-0.1, -0.05) is 121 Å². The van der Waals surface area contributed by atoms with Gasteiger partial charge in [0, 0.05) is 10.8 Å². The van der Waals surface area contributed by atoms with Crippen LogP contribution in [0.1, 0.15) is 0 Å². The SMILES string of the molecule is Oc1ccc(-c2c3ccccc3c(-c3ccccc3)c3ccccc23)c2c1oc1cccc(-c3ccccc3)c12. The topological polar surface area (TPSA) is 33.4 Å². The minimum Gasteiger partial charge on any atom is -0.504 e. The Labute approximate surface area is 231 Å². The van der Waals surface area contributed by atoms with Crippen LogP contribution in [0.3, 0.4) is 0 Å². The van der Waals surface area contributed by atoms with E-state index in [9.17, 15) is 5.11 Å². The molecule has 2 nitrogen and oxygen atoms in total. The van der Waals surface area contributed by atoms with E-state index in [1.54, 1.807) is 6.07 Å². The molecule has 40 heavy (non-hydrogen) atoms. The van der Waals surface area contributed by atoms with E-state index in [1.807, 2.05) is 24.3 Å². The van der Waals surface area contributed by atoms with Crippen LogP contribution in [-0.2, 0) is 0 Å². The fraction of sp³-hybridized carbons (Fsp3) is 0. The van der Waals surface area contributed by atoms with Crippen molar-refractivity contribution in [1.82, 2.24) is 0 Å². The summed E-state index contributed by atoms with van der Waals surface area (Å²) in [5.41, 5.74) is 8.07. The molecule has 0 fully saturated rings.